The quantitative estimate of drug-likeness (QED) is 0.160. The van der Waals surface area contributed by atoms with Crippen molar-refractivity contribution in [1.82, 2.24) is 0 Å². The van der Waals surface area contributed by atoms with E-state index in [1.807, 2.05) is 0 Å². The average molecular weight is 618 g/mol. The van der Waals surface area contributed by atoms with Gasteiger partial charge >= 0.3 is 16.5 Å². The van der Waals surface area contributed by atoms with Crippen LogP contribution in [0, 0.1) is 10.8 Å². The van der Waals surface area contributed by atoms with Crippen LogP contribution >= 0.6 is 0 Å². The number of hydrogen-bond acceptors (Lipinski definition) is 6. The topological polar surface area (TPSA) is 106 Å². The summed E-state index contributed by atoms with van der Waals surface area (Å²) in [6.45, 7) is 5.57. The van der Waals surface area contributed by atoms with Crippen LogP contribution in [0.2, 0.25) is 0 Å². The van der Waals surface area contributed by atoms with Crippen molar-refractivity contribution < 1.29 is 69.3 Å². The third-order valence-electron chi connectivity index (χ3n) is 4.40. The number of pyridine rings is 1. The molecular formula is C18H24F9NO6S3. The van der Waals surface area contributed by atoms with E-state index in [1.54, 1.807) is 0 Å². The lowest BCUT2D eigenvalue weighted by Gasteiger charge is -2.31. The Labute approximate surface area is 208 Å². The molecule has 19 heteroatoms. The molecule has 0 aliphatic carbocycles. The number of unbranched alkanes of at least 4 members (excludes halogenated alkanes) is 5. The van der Waals surface area contributed by atoms with Gasteiger partial charge in [0.2, 0.25) is 0 Å². The first-order valence-electron chi connectivity index (χ1n) is 10.2. The normalized spacial score (nSPS) is 13.8. The van der Waals surface area contributed by atoms with Gasteiger partial charge in [0.05, 0.1) is 3.91 Å². The van der Waals surface area contributed by atoms with E-state index < -0.39 is 50.0 Å². The minimum atomic E-state index is -8.02. The van der Waals surface area contributed by atoms with Gasteiger partial charge in [0, 0.05) is 18.6 Å². The Morgan fingerprint density at radius 3 is 1.30 bits per heavy atom. The highest BCUT2D eigenvalue weighted by Crippen LogP contribution is 2.47. The monoisotopic (exact) mass is 617 g/mol. The number of alkyl halides is 9. The summed E-state index contributed by atoms with van der Waals surface area (Å²) in [7, 11) is -24.1. The van der Waals surface area contributed by atoms with Gasteiger partial charge in [-0.3, -0.25) is 25.3 Å². The summed E-state index contributed by atoms with van der Waals surface area (Å²) in [6.07, 6.45) is 12.6. The Morgan fingerprint density at radius 2 is 0.973 bits per heavy atom. The van der Waals surface area contributed by atoms with Crippen molar-refractivity contribution in [1.29, 1.82) is 0 Å². The molecule has 1 aromatic heterocycles. The number of hydrogen-bond donors (Lipinski definition) is 0. The summed E-state index contributed by atoms with van der Waals surface area (Å²) in [5.41, 5.74) is -19.8. The van der Waals surface area contributed by atoms with Gasteiger partial charge in [-0.15, -0.1) is 0 Å². The van der Waals surface area contributed by atoms with E-state index in [2.05, 4.69) is 42.9 Å². The van der Waals surface area contributed by atoms with Crippen LogP contribution in [-0.2, 0) is 36.1 Å². The van der Waals surface area contributed by atoms with Gasteiger partial charge in [0.25, 0.3) is 0 Å². The van der Waals surface area contributed by atoms with Crippen molar-refractivity contribution in [2.75, 3.05) is 0 Å². The van der Waals surface area contributed by atoms with E-state index in [0.717, 1.165) is 0 Å². The lowest BCUT2D eigenvalue weighted by atomic mass is 10.1. The molecule has 0 N–H and O–H groups in total. The zero-order chi connectivity index (χ0) is 29.5. The highest BCUT2D eigenvalue weighted by atomic mass is 32.3. The summed E-state index contributed by atoms with van der Waals surface area (Å²) in [5.74, 6) is 0. The number of halogens is 9. The maximum atomic E-state index is 12.0. The van der Waals surface area contributed by atoms with Crippen LogP contribution in [0.15, 0.2) is 24.5 Å². The van der Waals surface area contributed by atoms with Crippen LogP contribution in [0.5, 0.6) is 0 Å². The van der Waals surface area contributed by atoms with Gasteiger partial charge in [-0.1, -0.05) is 32.6 Å². The Bertz CT molecular complexity index is 1070. The molecule has 0 saturated heterocycles. The van der Waals surface area contributed by atoms with Gasteiger partial charge in [0.15, 0.2) is 41.9 Å². The fraction of sp³-hybridized carbons (Fsp3) is 0.667. The molecular weight excluding hydrogens is 593 g/mol. The van der Waals surface area contributed by atoms with E-state index in [1.165, 1.54) is 50.6 Å². The van der Waals surface area contributed by atoms with Crippen molar-refractivity contribution in [2.45, 2.75) is 75.4 Å². The van der Waals surface area contributed by atoms with E-state index in [9.17, 15) is 64.8 Å². The molecule has 0 fully saturated rings. The molecule has 0 aromatic carbocycles. The van der Waals surface area contributed by atoms with Crippen molar-refractivity contribution in [3.63, 3.8) is 0 Å². The Morgan fingerprint density at radius 1 is 0.649 bits per heavy atom. The van der Waals surface area contributed by atoms with E-state index in [-0.39, 0.29) is 0 Å². The number of aryl methyl sites for hydroxylation is 2. The zero-order valence-corrected chi connectivity index (χ0v) is 21.7. The molecule has 0 saturated carbocycles. The Kier molecular flexibility index (Phi) is 12.4. The van der Waals surface area contributed by atoms with E-state index in [0.29, 0.717) is 0 Å². The Hall–Kier alpha value is -1.63. The summed E-state index contributed by atoms with van der Waals surface area (Å²) < 4.78 is 170. The van der Waals surface area contributed by atoms with Gasteiger partial charge in [-0.05, 0) is 18.9 Å². The van der Waals surface area contributed by atoms with Crippen LogP contribution in [0.1, 0.15) is 51.0 Å². The summed E-state index contributed by atoms with van der Waals surface area (Å²) in [4.78, 5) is 0. The van der Waals surface area contributed by atoms with Crippen molar-refractivity contribution >= 4 is 29.5 Å². The molecule has 0 spiro atoms. The maximum absolute atomic E-state index is 12.0. The molecule has 0 radical (unpaired) electrons. The second-order valence-electron chi connectivity index (χ2n) is 7.48. The molecule has 218 valence electrons. The minimum absolute atomic E-state index is 1.17. The van der Waals surface area contributed by atoms with Crippen LogP contribution in [0.3, 0.4) is 0 Å². The largest absolute Gasteiger partial charge is 0.470 e. The summed E-state index contributed by atoms with van der Waals surface area (Å²) >= 11 is 0. The number of nitrogens with zero attached hydrogens (tertiary/aromatic N) is 1. The third-order valence-corrected chi connectivity index (χ3v) is 11.5. The molecule has 1 rings (SSSR count). The molecule has 1 heterocycles. The van der Waals surface area contributed by atoms with Crippen molar-refractivity contribution in [3.05, 3.63) is 34.0 Å². The maximum Gasteiger partial charge on any atom is 0.470 e. The summed E-state index contributed by atoms with van der Waals surface area (Å²) in [6, 6.07) is 4.36. The molecule has 0 aliphatic rings. The van der Waals surface area contributed by atoms with Crippen molar-refractivity contribution in [2.24, 2.45) is 0 Å². The second-order valence-corrected chi connectivity index (χ2v) is 13.9. The van der Waals surface area contributed by atoms with Crippen molar-refractivity contribution in [3.8, 4) is 0 Å². The van der Waals surface area contributed by atoms with Gasteiger partial charge in [-0.2, -0.15) is 39.5 Å². The second kappa shape index (κ2) is 12.9. The fourth-order valence-electron chi connectivity index (χ4n) is 2.47. The molecule has 0 unspecified atom stereocenters. The molecule has 37 heavy (non-hydrogen) atoms. The molecule has 0 amide bonds. The van der Waals surface area contributed by atoms with Crippen LogP contribution in [-0.4, -0.2) is 41.8 Å². The molecule has 0 bridgehead atoms. The first-order chi connectivity index (χ1) is 16.4. The van der Waals surface area contributed by atoms with E-state index >= 15 is 0 Å². The van der Waals surface area contributed by atoms with Gasteiger partial charge in [0.1, 0.15) is 6.54 Å². The van der Waals surface area contributed by atoms with Gasteiger partial charge in [-0.25, -0.2) is 4.57 Å². The first kappa shape index (κ1) is 35.4. The third kappa shape index (κ3) is 9.56. The smallest absolute Gasteiger partial charge is 0.251 e. The predicted octanol–water partition coefficient (Wildman–Crippen LogP) is 4.88. The van der Waals surface area contributed by atoms with Crippen LogP contribution in [0.4, 0.5) is 39.5 Å². The Balaban J connectivity index is 0.000000749. The van der Waals surface area contributed by atoms with Crippen LogP contribution in [0.25, 0.3) is 0 Å². The predicted molar refractivity (Wildman–Crippen MR) is 113 cm³/mol. The molecule has 0 atom stereocenters. The highest BCUT2D eigenvalue weighted by Gasteiger charge is 2.63. The highest BCUT2D eigenvalue weighted by molar-refractivity contribution is 8.29. The van der Waals surface area contributed by atoms with E-state index in [4.69, 9.17) is 0 Å². The standard InChI is InChI=1S/C14H24N.C4F9O6S3/c1-3-4-5-6-7-8-11-15-12-9-14(2)10-13-15;5-2(6,7)20(14,15)1(21(16,17)3(8,9)10)22(18,19)4(11,12)13/h9-10,12-13H,3-8,11H2,1-2H3;/q+1;-1. The molecule has 7 nitrogen and oxygen atoms in total. The number of rotatable bonds is 10. The SMILES string of the molecule is CCCCCCCC[n+]1ccc(C)cc1.O=S(=O)([C-](S(=O)(=O)C(F)(F)F)S(=O)(=O)C(F)(F)F)C(F)(F)F. The fourth-order valence-corrected chi connectivity index (χ4v) is 8.21. The average Bonchev–Trinajstić information content (AvgIpc) is 2.69. The lowest BCUT2D eigenvalue weighted by Crippen LogP contribution is -2.47. The zero-order valence-electron chi connectivity index (χ0n) is 19.3. The number of aromatic nitrogens is 1. The number of sulfone groups is 3. The lowest BCUT2D eigenvalue weighted by molar-refractivity contribution is -0.697. The molecule has 0 aliphatic heterocycles. The minimum Gasteiger partial charge on any atom is -0.251 e. The molecule has 1 aromatic rings. The van der Waals surface area contributed by atoms with Crippen LogP contribution < -0.4 is 4.57 Å². The summed E-state index contributed by atoms with van der Waals surface area (Å²) in [5, 5.41) is 0. The van der Waals surface area contributed by atoms with Gasteiger partial charge < -0.3 is 0 Å². The first-order valence-corrected chi connectivity index (χ1v) is 14.7.